The maximum atomic E-state index is 13.7. The van der Waals surface area contributed by atoms with Crippen molar-refractivity contribution in [3.05, 3.63) is 59.3 Å². The Balaban J connectivity index is 1.69. The van der Waals surface area contributed by atoms with E-state index in [1.165, 1.54) is 4.90 Å². The molecule has 2 unspecified atom stereocenters. The van der Waals surface area contributed by atoms with Gasteiger partial charge in [-0.1, -0.05) is 19.1 Å². The Morgan fingerprint density at radius 3 is 2.76 bits per heavy atom. The highest BCUT2D eigenvalue weighted by atomic mass is 16.5. The smallest absolute Gasteiger partial charge is 0.328 e. The van der Waals surface area contributed by atoms with Crippen LogP contribution in [0, 0.1) is 0 Å². The van der Waals surface area contributed by atoms with Crippen LogP contribution in [0.3, 0.4) is 0 Å². The van der Waals surface area contributed by atoms with Gasteiger partial charge in [-0.3, -0.25) is 14.6 Å². The molecule has 5 rings (SSSR count). The fraction of sp³-hybridized carbons (Fsp3) is 0.385. The predicted molar refractivity (Wildman–Crippen MR) is 129 cm³/mol. The van der Waals surface area contributed by atoms with E-state index in [2.05, 4.69) is 10.3 Å². The summed E-state index contributed by atoms with van der Waals surface area (Å²) in [5.41, 5.74) is 2.49. The number of hydrogen-bond acceptors (Lipinski definition) is 5. The quantitative estimate of drug-likeness (QED) is 0.369. The highest BCUT2D eigenvalue weighted by Gasteiger charge is 2.60. The van der Waals surface area contributed by atoms with E-state index in [0.717, 1.165) is 40.0 Å². The van der Waals surface area contributed by atoms with Crippen LogP contribution in [-0.4, -0.2) is 63.6 Å². The van der Waals surface area contributed by atoms with Crippen LogP contribution in [0.25, 0.3) is 10.9 Å². The number of fused-ring (bicyclic) bond motifs is 4. The molecule has 3 amide bonds. The number of amides is 3. The number of likely N-dealkylation sites (N-methyl/N-ethyl adjacent to an activating group) is 1. The van der Waals surface area contributed by atoms with Crippen molar-refractivity contribution in [2.24, 2.45) is 0 Å². The van der Waals surface area contributed by atoms with E-state index in [4.69, 9.17) is 4.74 Å². The van der Waals surface area contributed by atoms with Crippen LogP contribution in [0.5, 0.6) is 11.5 Å². The number of hydrogen-bond donors (Lipinski definition) is 3. The van der Waals surface area contributed by atoms with Gasteiger partial charge in [0.15, 0.2) is 0 Å². The van der Waals surface area contributed by atoms with E-state index in [1.807, 2.05) is 45.0 Å². The van der Waals surface area contributed by atoms with E-state index in [0.29, 0.717) is 26.1 Å². The number of rotatable bonds is 7. The third kappa shape index (κ3) is 3.32. The molecule has 0 saturated carbocycles. The van der Waals surface area contributed by atoms with Crippen LogP contribution in [-0.2, 0) is 11.2 Å². The maximum absolute atomic E-state index is 13.7. The Bertz CT molecular complexity index is 1270. The van der Waals surface area contributed by atoms with Gasteiger partial charge in [0.1, 0.15) is 23.1 Å². The van der Waals surface area contributed by atoms with E-state index < -0.39 is 11.6 Å². The number of phenolic OH excluding ortho intramolecular Hbond substituents is 1. The standard InChI is InChI=1S/C26H30N4O4/c1-4-27-11-12-29-24(32)26(3)15-20-19-14-18(34-5-2)9-10-21(19)28-22(20)23(30(26)25(29)33)16-7-6-8-17(31)13-16/h6-10,13-14,23,27-28,31H,4-5,11-12,15H2,1-3H3. The highest BCUT2D eigenvalue weighted by Crippen LogP contribution is 2.49. The number of imide groups is 1. The zero-order chi connectivity index (χ0) is 24.0. The molecule has 1 aromatic heterocycles. The van der Waals surface area contributed by atoms with Gasteiger partial charge >= 0.3 is 6.03 Å². The topological polar surface area (TPSA) is 97.9 Å². The zero-order valence-corrected chi connectivity index (χ0v) is 19.7. The van der Waals surface area contributed by atoms with E-state index >= 15 is 0 Å². The Kier molecular flexibility index (Phi) is 5.48. The van der Waals surface area contributed by atoms with Gasteiger partial charge in [-0.2, -0.15) is 0 Å². The van der Waals surface area contributed by atoms with Crippen LogP contribution in [0.2, 0.25) is 0 Å². The third-order valence-electron chi connectivity index (χ3n) is 6.90. The van der Waals surface area contributed by atoms with Crippen molar-refractivity contribution in [2.75, 3.05) is 26.2 Å². The molecule has 0 bridgehead atoms. The van der Waals surface area contributed by atoms with E-state index in [1.54, 1.807) is 23.1 Å². The summed E-state index contributed by atoms with van der Waals surface area (Å²) < 4.78 is 5.73. The largest absolute Gasteiger partial charge is 0.508 e. The molecule has 3 N–H and O–H groups in total. The molecule has 8 heteroatoms. The summed E-state index contributed by atoms with van der Waals surface area (Å²) in [6, 6.07) is 11.9. The first-order valence-electron chi connectivity index (χ1n) is 11.8. The molecule has 2 aliphatic heterocycles. The van der Waals surface area contributed by atoms with Crippen LogP contribution >= 0.6 is 0 Å². The molecule has 2 aromatic carbocycles. The molecular weight excluding hydrogens is 432 g/mol. The number of aromatic amines is 1. The molecule has 3 aromatic rings. The normalized spacial score (nSPS) is 21.8. The van der Waals surface area contributed by atoms with E-state index in [9.17, 15) is 14.7 Å². The number of benzene rings is 2. The van der Waals surface area contributed by atoms with Crippen molar-refractivity contribution in [2.45, 2.75) is 38.8 Å². The minimum Gasteiger partial charge on any atom is -0.508 e. The molecule has 2 atom stereocenters. The molecule has 8 nitrogen and oxygen atoms in total. The number of carbonyl (C=O) groups is 2. The lowest BCUT2D eigenvalue weighted by atomic mass is 9.81. The van der Waals surface area contributed by atoms with Crippen LogP contribution in [0.15, 0.2) is 42.5 Å². The number of aromatic hydroxyl groups is 1. The Hall–Kier alpha value is -3.52. The van der Waals surface area contributed by atoms with Crippen molar-refractivity contribution in [3.63, 3.8) is 0 Å². The summed E-state index contributed by atoms with van der Waals surface area (Å²) in [7, 11) is 0. The van der Waals surface area contributed by atoms with Gasteiger partial charge < -0.3 is 20.1 Å². The molecule has 178 valence electrons. The van der Waals surface area contributed by atoms with E-state index in [-0.39, 0.29) is 17.7 Å². The number of H-pyrrole nitrogens is 1. The van der Waals surface area contributed by atoms with Gasteiger partial charge in [0.05, 0.1) is 6.61 Å². The van der Waals surface area contributed by atoms with Gasteiger partial charge in [0.25, 0.3) is 5.91 Å². The minimum atomic E-state index is -1.04. The van der Waals surface area contributed by atoms with Crippen LogP contribution in [0.1, 0.15) is 43.6 Å². The summed E-state index contributed by atoms with van der Waals surface area (Å²) in [6.07, 6.45) is 0.398. The molecule has 34 heavy (non-hydrogen) atoms. The van der Waals surface area contributed by atoms with Crippen molar-refractivity contribution in [3.8, 4) is 11.5 Å². The molecule has 1 saturated heterocycles. The van der Waals surface area contributed by atoms with Crippen LogP contribution in [0.4, 0.5) is 4.79 Å². The lowest BCUT2D eigenvalue weighted by Gasteiger charge is -2.42. The second-order valence-corrected chi connectivity index (χ2v) is 9.07. The van der Waals surface area contributed by atoms with Gasteiger partial charge in [-0.15, -0.1) is 0 Å². The summed E-state index contributed by atoms with van der Waals surface area (Å²) in [4.78, 5) is 34.0. The molecular formula is C26H30N4O4. The maximum Gasteiger partial charge on any atom is 0.328 e. The second kappa shape index (κ2) is 8.36. The van der Waals surface area contributed by atoms with Crippen LogP contribution < -0.4 is 10.1 Å². The number of carbonyl (C=O) groups excluding carboxylic acids is 2. The summed E-state index contributed by atoms with van der Waals surface area (Å²) >= 11 is 0. The number of aromatic nitrogens is 1. The van der Waals surface area contributed by atoms with Gasteiger partial charge in [-0.05, 0) is 61.9 Å². The molecule has 0 spiro atoms. The Morgan fingerprint density at radius 2 is 2.03 bits per heavy atom. The summed E-state index contributed by atoms with van der Waals surface area (Å²) in [6.45, 7) is 7.96. The molecule has 1 fully saturated rings. The highest BCUT2D eigenvalue weighted by molar-refractivity contribution is 6.08. The first-order valence-corrected chi connectivity index (χ1v) is 11.8. The third-order valence-corrected chi connectivity index (χ3v) is 6.90. The minimum absolute atomic E-state index is 0.114. The SMILES string of the molecule is CCNCCN1C(=O)N2C(c3cccc(O)c3)c3[nH]c4ccc(OCC)cc4c3CC2(C)C1=O. The fourth-order valence-corrected chi connectivity index (χ4v) is 5.35. The molecule has 0 aliphatic carbocycles. The number of urea groups is 1. The van der Waals surface area contributed by atoms with Gasteiger partial charge in [0, 0.05) is 36.1 Å². The van der Waals surface area contributed by atoms with Crippen molar-refractivity contribution >= 4 is 22.8 Å². The lowest BCUT2D eigenvalue weighted by molar-refractivity contribution is -0.133. The predicted octanol–water partition coefficient (Wildman–Crippen LogP) is 3.55. The first-order chi connectivity index (χ1) is 16.4. The molecule has 0 radical (unpaired) electrons. The summed E-state index contributed by atoms with van der Waals surface area (Å²) in [5, 5.41) is 14.4. The van der Waals surface area contributed by atoms with Gasteiger partial charge in [-0.25, -0.2) is 4.79 Å². The average molecular weight is 463 g/mol. The number of nitrogens with zero attached hydrogens (tertiary/aromatic N) is 2. The second-order valence-electron chi connectivity index (χ2n) is 9.07. The average Bonchev–Trinajstić information content (AvgIpc) is 3.25. The summed E-state index contributed by atoms with van der Waals surface area (Å²) in [5.74, 6) is 0.684. The number of nitrogens with one attached hydrogen (secondary N) is 2. The molecule has 2 aliphatic rings. The van der Waals surface area contributed by atoms with Crippen molar-refractivity contribution in [1.82, 2.24) is 20.1 Å². The number of phenols is 1. The monoisotopic (exact) mass is 462 g/mol. The fourth-order valence-electron chi connectivity index (χ4n) is 5.35. The lowest BCUT2D eigenvalue weighted by Crippen LogP contribution is -2.53. The Morgan fingerprint density at radius 1 is 1.21 bits per heavy atom. The van der Waals surface area contributed by atoms with Gasteiger partial charge in [0.2, 0.25) is 0 Å². The molecule has 3 heterocycles. The van der Waals surface area contributed by atoms with Crippen molar-refractivity contribution < 1.29 is 19.4 Å². The van der Waals surface area contributed by atoms with Crippen molar-refractivity contribution in [1.29, 1.82) is 0 Å². The first kappa shape index (κ1) is 22.3. The zero-order valence-electron chi connectivity index (χ0n) is 19.7. The Labute approximate surface area is 198 Å². The number of ether oxygens (including phenoxy) is 1.